The van der Waals surface area contributed by atoms with Crippen LogP contribution in [0, 0.1) is 0 Å². The number of rotatable bonds is 11. The zero-order valence-electron chi connectivity index (χ0n) is 16.5. The summed E-state index contributed by atoms with van der Waals surface area (Å²) in [6.45, 7) is 2.58. The van der Waals surface area contributed by atoms with Gasteiger partial charge < -0.3 is 20.5 Å². The number of unbranched alkanes of at least 4 members (excludes halogenated alkanes) is 1. The minimum atomic E-state index is -0.504. The number of nitrogen functional groups attached to an aromatic ring is 1. The lowest BCUT2D eigenvalue weighted by atomic mass is 10.1. The van der Waals surface area contributed by atoms with Crippen molar-refractivity contribution >= 4 is 31.2 Å². The van der Waals surface area contributed by atoms with Crippen molar-refractivity contribution in [1.82, 2.24) is 9.97 Å². The van der Waals surface area contributed by atoms with Crippen LogP contribution in [0.3, 0.4) is 0 Å². The van der Waals surface area contributed by atoms with E-state index in [2.05, 4.69) is 34.3 Å². The standard InChI is InChI=1S/C20H28N4O3.H2S/c1-3-4-12-16(19(25)26-2)23-18-17(14-22-20(21)24-18)27-13-8-11-15-9-6-5-7-10-15;/h5-7,9-10,14,16H,3-4,8,11-13H2,1-2H3,(H3,21,22,23,24);1H2. The zero-order chi connectivity index (χ0) is 19.5. The third kappa shape index (κ3) is 7.64. The van der Waals surface area contributed by atoms with Gasteiger partial charge in [-0.3, -0.25) is 0 Å². The molecule has 0 saturated heterocycles. The van der Waals surface area contributed by atoms with Gasteiger partial charge in [-0.1, -0.05) is 50.1 Å². The molecular formula is C20H30N4O3S. The Bertz CT molecular complexity index is 716. The van der Waals surface area contributed by atoms with Crippen LogP contribution < -0.4 is 15.8 Å². The van der Waals surface area contributed by atoms with Crippen molar-refractivity contribution in [3.8, 4) is 5.75 Å². The maximum Gasteiger partial charge on any atom is 0.328 e. The predicted molar refractivity (Wildman–Crippen MR) is 116 cm³/mol. The van der Waals surface area contributed by atoms with Gasteiger partial charge in [-0.25, -0.2) is 9.78 Å². The van der Waals surface area contributed by atoms with Gasteiger partial charge in [0.2, 0.25) is 5.95 Å². The molecule has 0 spiro atoms. The van der Waals surface area contributed by atoms with E-state index in [0.29, 0.717) is 24.6 Å². The normalized spacial score (nSPS) is 11.2. The number of carbonyl (C=O) groups excluding carboxylic acids is 1. The number of esters is 1. The fourth-order valence-corrected chi connectivity index (χ4v) is 2.66. The smallest absolute Gasteiger partial charge is 0.328 e. The van der Waals surface area contributed by atoms with Crippen LogP contribution in [0.1, 0.15) is 38.2 Å². The summed E-state index contributed by atoms with van der Waals surface area (Å²) in [7, 11) is 1.37. The molecule has 154 valence electrons. The zero-order valence-corrected chi connectivity index (χ0v) is 17.5. The predicted octanol–water partition coefficient (Wildman–Crippen LogP) is 3.33. The summed E-state index contributed by atoms with van der Waals surface area (Å²) in [5, 5.41) is 3.10. The number of nitrogens with one attached hydrogen (secondary N) is 1. The molecule has 1 heterocycles. The first kappa shape index (κ1) is 23.6. The van der Waals surface area contributed by atoms with Crippen molar-refractivity contribution in [3.63, 3.8) is 0 Å². The molecule has 1 aromatic carbocycles. The number of benzene rings is 1. The second kappa shape index (κ2) is 12.8. The first-order chi connectivity index (χ1) is 13.1. The van der Waals surface area contributed by atoms with Crippen molar-refractivity contribution in [1.29, 1.82) is 0 Å². The minimum absolute atomic E-state index is 0. The number of hydrogen-bond donors (Lipinski definition) is 2. The Labute approximate surface area is 173 Å². The Morgan fingerprint density at radius 2 is 2.00 bits per heavy atom. The summed E-state index contributed by atoms with van der Waals surface area (Å²) < 4.78 is 10.7. The summed E-state index contributed by atoms with van der Waals surface area (Å²) in [5.74, 6) is 0.667. The largest absolute Gasteiger partial charge is 0.488 e. The number of nitrogens with two attached hydrogens (primary N) is 1. The molecule has 0 saturated carbocycles. The highest BCUT2D eigenvalue weighted by molar-refractivity contribution is 7.59. The van der Waals surface area contributed by atoms with Crippen LogP contribution in [0.15, 0.2) is 36.5 Å². The SMILES string of the molecule is CCCCC(Nc1nc(N)ncc1OCCCc1ccccc1)C(=O)OC.S. The molecule has 0 aliphatic rings. The maximum atomic E-state index is 12.0. The molecule has 1 aromatic heterocycles. The Kier molecular flexibility index (Phi) is 10.8. The van der Waals surface area contributed by atoms with Crippen molar-refractivity contribution in [2.24, 2.45) is 0 Å². The summed E-state index contributed by atoms with van der Waals surface area (Å²) in [4.78, 5) is 20.2. The quantitative estimate of drug-likeness (QED) is 0.436. The molecule has 8 heteroatoms. The van der Waals surface area contributed by atoms with Gasteiger partial charge in [-0.15, -0.1) is 0 Å². The molecule has 2 aromatic rings. The number of ether oxygens (including phenoxy) is 2. The Balaban J connectivity index is 0.00000392. The number of carbonyl (C=O) groups is 1. The van der Waals surface area contributed by atoms with Gasteiger partial charge in [-0.05, 0) is 24.8 Å². The molecule has 0 fully saturated rings. The van der Waals surface area contributed by atoms with Crippen molar-refractivity contribution in [3.05, 3.63) is 42.1 Å². The van der Waals surface area contributed by atoms with Gasteiger partial charge in [-0.2, -0.15) is 18.5 Å². The van der Waals surface area contributed by atoms with Crippen molar-refractivity contribution in [2.75, 3.05) is 24.8 Å². The average Bonchev–Trinajstić information content (AvgIpc) is 2.69. The summed E-state index contributed by atoms with van der Waals surface area (Å²) in [6, 6.07) is 9.72. The molecule has 2 rings (SSSR count). The highest BCUT2D eigenvalue weighted by Crippen LogP contribution is 2.24. The monoisotopic (exact) mass is 406 g/mol. The number of aromatic nitrogens is 2. The molecule has 0 amide bonds. The summed E-state index contributed by atoms with van der Waals surface area (Å²) in [6.07, 6.45) is 5.80. The highest BCUT2D eigenvalue weighted by atomic mass is 32.1. The van der Waals surface area contributed by atoms with E-state index in [1.165, 1.54) is 18.9 Å². The fraction of sp³-hybridized carbons (Fsp3) is 0.450. The van der Waals surface area contributed by atoms with Crippen molar-refractivity contribution < 1.29 is 14.3 Å². The average molecular weight is 407 g/mol. The Hall–Kier alpha value is -2.48. The van der Waals surface area contributed by atoms with Crippen LogP contribution in [0.4, 0.5) is 11.8 Å². The van der Waals surface area contributed by atoms with Crippen molar-refractivity contribution in [2.45, 2.75) is 45.1 Å². The molecule has 0 aliphatic heterocycles. The molecule has 0 bridgehead atoms. The lowest BCUT2D eigenvalue weighted by Crippen LogP contribution is -2.31. The summed E-state index contributed by atoms with van der Waals surface area (Å²) in [5.41, 5.74) is 6.97. The van der Waals surface area contributed by atoms with Gasteiger partial charge >= 0.3 is 5.97 Å². The number of aryl methyl sites for hydroxylation is 1. The van der Waals surface area contributed by atoms with E-state index in [-0.39, 0.29) is 25.4 Å². The fourth-order valence-electron chi connectivity index (χ4n) is 2.66. The number of methoxy groups -OCH3 is 1. The van der Waals surface area contributed by atoms with Gasteiger partial charge in [0.25, 0.3) is 0 Å². The van der Waals surface area contributed by atoms with Crippen LogP contribution in [-0.2, 0) is 16.0 Å². The first-order valence-corrected chi connectivity index (χ1v) is 9.27. The van der Waals surface area contributed by atoms with Gasteiger partial charge in [0, 0.05) is 0 Å². The molecule has 0 radical (unpaired) electrons. The number of nitrogens with zero attached hydrogens (tertiary/aromatic N) is 2. The molecule has 28 heavy (non-hydrogen) atoms. The van der Waals surface area contributed by atoms with E-state index in [1.807, 2.05) is 18.2 Å². The van der Waals surface area contributed by atoms with Gasteiger partial charge in [0.15, 0.2) is 11.6 Å². The topological polar surface area (TPSA) is 99.4 Å². The maximum absolute atomic E-state index is 12.0. The van der Waals surface area contributed by atoms with Gasteiger partial charge in [0.1, 0.15) is 6.04 Å². The van der Waals surface area contributed by atoms with E-state index < -0.39 is 6.04 Å². The second-order valence-electron chi connectivity index (χ2n) is 6.24. The molecule has 1 atom stereocenters. The van der Waals surface area contributed by atoms with E-state index in [9.17, 15) is 4.79 Å². The molecule has 1 unspecified atom stereocenters. The van der Waals surface area contributed by atoms with E-state index in [1.54, 1.807) is 0 Å². The van der Waals surface area contributed by atoms with E-state index in [4.69, 9.17) is 15.2 Å². The molecule has 7 nitrogen and oxygen atoms in total. The molecule has 3 N–H and O–H groups in total. The number of hydrogen-bond acceptors (Lipinski definition) is 7. The third-order valence-electron chi connectivity index (χ3n) is 4.13. The Morgan fingerprint density at radius 3 is 2.68 bits per heavy atom. The minimum Gasteiger partial charge on any atom is -0.488 e. The lowest BCUT2D eigenvalue weighted by Gasteiger charge is -2.19. The van der Waals surface area contributed by atoms with E-state index in [0.717, 1.165) is 25.7 Å². The van der Waals surface area contributed by atoms with Crippen LogP contribution in [0.2, 0.25) is 0 Å². The second-order valence-corrected chi connectivity index (χ2v) is 6.24. The summed E-state index contributed by atoms with van der Waals surface area (Å²) >= 11 is 0. The van der Waals surface area contributed by atoms with Crippen LogP contribution >= 0.6 is 13.5 Å². The molecule has 0 aliphatic carbocycles. The Morgan fingerprint density at radius 1 is 1.25 bits per heavy atom. The van der Waals surface area contributed by atoms with Crippen LogP contribution in [0.25, 0.3) is 0 Å². The highest BCUT2D eigenvalue weighted by Gasteiger charge is 2.21. The number of anilines is 2. The van der Waals surface area contributed by atoms with Crippen LogP contribution in [0.5, 0.6) is 5.75 Å². The first-order valence-electron chi connectivity index (χ1n) is 9.27. The van der Waals surface area contributed by atoms with Crippen LogP contribution in [-0.4, -0.2) is 35.7 Å². The van der Waals surface area contributed by atoms with Gasteiger partial charge in [0.05, 0.1) is 19.9 Å². The third-order valence-corrected chi connectivity index (χ3v) is 4.13. The van der Waals surface area contributed by atoms with E-state index >= 15 is 0 Å². The molecular weight excluding hydrogens is 376 g/mol. The lowest BCUT2D eigenvalue weighted by molar-refractivity contribution is -0.141.